The van der Waals surface area contributed by atoms with Crippen LogP contribution < -0.4 is 11.1 Å². The van der Waals surface area contributed by atoms with Crippen molar-refractivity contribution in [3.63, 3.8) is 0 Å². The summed E-state index contributed by atoms with van der Waals surface area (Å²) in [4.78, 5) is 14.2. The Kier molecular flexibility index (Phi) is 5.31. The fourth-order valence-electron chi connectivity index (χ4n) is 4.55. The van der Waals surface area contributed by atoms with E-state index in [-0.39, 0.29) is 5.91 Å². The van der Waals surface area contributed by atoms with Gasteiger partial charge in [-0.1, -0.05) is 13.3 Å². The van der Waals surface area contributed by atoms with E-state index in [1.54, 1.807) is 0 Å². The lowest BCUT2D eigenvalue weighted by Gasteiger charge is -2.36. The Hall–Kier alpha value is -0.610. The summed E-state index contributed by atoms with van der Waals surface area (Å²) >= 11 is 0. The summed E-state index contributed by atoms with van der Waals surface area (Å²) in [6, 6.07) is 0.362. The number of fused-ring (bicyclic) bond motifs is 2. The first-order valence-electron chi connectivity index (χ1n) is 8.61. The van der Waals surface area contributed by atoms with Crippen LogP contribution in [0.15, 0.2) is 0 Å². The molecule has 0 spiro atoms. The Morgan fingerprint density at radius 3 is 2.62 bits per heavy atom. The molecule has 2 saturated carbocycles. The average Bonchev–Trinajstić information content (AvgIpc) is 3.00. The Morgan fingerprint density at radius 2 is 2.14 bits per heavy atom. The van der Waals surface area contributed by atoms with Gasteiger partial charge in [-0.05, 0) is 70.9 Å². The molecule has 122 valence electrons. The van der Waals surface area contributed by atoms with Crippen LogP contribution in [-0.2, 0) is 4.79 Å². The van der Waals surface area contributed by atoms with Crippen molar-refractivity contribution in [1.82, 2.24) is 10.2 Å². The molecule has 3 N–H and O–H groups in total. The maximum Gasteiger partial charge on any atom is 0.237 e. The van der Waals surface area contributed by atoms with Crippen LogP contribution in [0.5, 0.6) is 0 Å². The van der Waals surface area contributed by atoms with E-state index in [4.69, 9.17) is 5.73 Å². The van der Waals surface area contributed by atoms with Crippen molar-refractivity contribution in [3.8, 4) is 0 Å². The van der Waals surface area contributed by atoms with Crippen molar-refractivity contribution in [1.29, 1.82) is 0 Å². The Bertz CT molecular complexity index is 373. The van der Waals surface area contributed by atoms with Crippen LogP contribution in [0.2, 0.25) is 0 Å². The number of hydrogen-bond acceptors (Lipinski definition) is 3. The monoisotopic (exact) mass is 295 g/mol. The van der Waals surface area contributed by atoms with E-state index < -0.39 is 5.54 Å². The second-order valence-electron chi connectivity index (χ2n) is 7.65. The first-order valence-corrected chi connectivity index (χ1v) is 8.61. The smallest absolute Gasteiger partial charge is 0.237 e. The minimum atomic E-state index is -0.600. The maximum atomic E-state index is 11.8. The van der Waals surface area contributed by atoms with Gasteiger partial charge in [0, 0.05) is 12.6 Å². The number of hydrogen-bond donors (Lipinski definition) is 2. The summed E-state index contributed by atoms with van der Waals surface area (Å²) in [5, 5.41) is 3.26. The molecule has 0 aromatic carbocycles. The third-order valence-electron chi connectivity index (χ3n) is 5.97. The molecule has 2 bridgehead atoms. The molecular weight excluding hydrogens is 262 g/mol. The van der Waals surface area contributed by atoms with Crippen LogP contribution in [-0.4, -0.2) is 42.5 Å². The lowest BCUT2D eigenvalue weighted by atomic mass is 9.87. The van der Waals surface area contributed by atoms with Crippen molar-refractivity contribution in [2.75, 3.05) is 20.1 Å². The van der Waals surface area contributed by atoms with Crippen LogP contribution in [0.25, 0.3) is 0 Å². The van der Waals surface area contributed by atoms with Crippen molar-refractivity contribution >= 4 is 5.91 Å². The third-order valence-corrected chi connectivity index (χ3v) is 5.97. The Morgan fingerprint density at radius 1 is 1.43 bits per heavy atom. The maximum absolute atomic E-state index is 11.8. The number of nitrogens with one attached hydrogen (secondary N) is 1. The minimum Gasteiger partial charge on any atom is -0.368 e. The number of rotatable bonds is 8. The highest BCUT2D eigenvalue weighted by Crippen LogP contribution is 2.48. The van der Waals surface area contributed by atoms with Gasteiger partial charge < -0.3 is 16.0 Å². The summed E-state index contributed by atoms with van der Waals surface area (Å²) in [5.74, 6) is 2.59. The summed E-state index contributed by atoms with van der Waals surface area (Å²) in [6.45, 7) is 8.10. The Labute approximate surface area is 129 Å². The topological polar surface area (TPSA) is 58.4 Å². The zero-order chi connectivity index (χ0) is 15.6. The standard InChI is InChI=1S/C17H33N3O/c1-5-19-17(3,16(18)21)10-12(2)20(4)11-15-9-13-6-7-14(15)8-13/h12-15,19H,5-11H2,1-4H3,(H2,18,21). The summed E-state index contributed by atoms with van der Waals surface area (Å²) < 4.78 is 0. The Balaban J connectivity index is 1.86. The number of nitrogens with zero attached hydrogens (tertiary/aromatic N) is 1. The summed E-state index contributed by atoms with van der Waals surface area (Å²) in [7, 11) is 2.20. The van der Waals surface area contributed by atoms with Crippen molar-refractivity contribution in [2.24, 2.45) is 23.5 Å². The number of primary amides is 1. The van der Waals surface area contributed by atoms with Crippen LogP contribution in [0, 0.1) is 17.8 Å². The van der Waals surface area contributed by atoms with Gasteiger partial charge in [-0.25, -0.2) is 0 Å². The largest absolute Gasteiger partial charge is 0.368 e. The lowest BCUT2D eigenvalue weighted by molar-refractivity contribution is -0.124. The molecule has 4 heteroatoms. The van der Waals surface area contributed by atoms with Crippen LogP contribution >= 0.6 is 0 Å². The highest BCUT2D eigenvalue weighted by molar-refractivity contribution is 5.84. The van der Waals surface area contributed by atoms with Gasteiger partial charge in [-0.3, -0.25) is 4.79 Å². The normalized spacial score (nSPS) is 32.3. The van der Waals surface area contributed by atoms with Gasteiger partial charge in [0.05, 0.1) is 5.54 Å². The molecule has 0 aromatic rings. The summed E-state index contributed by atoms with van der Waals surface area (Å²) in [5.41, 5.74) is 5.00. The molecule has 2 aliphatic carbocycles. The van der Waals surface area contributed by atoms with Gasteiger partial charge in [0.1, 0.15) is 0 Å². The number of carbonyl (C=O) groups is 1. The van der Waals surface area contributed by atoms with Crippen molar-refractivity contribution < 1.29 is 4.79 Å². The average molecular weight is 295 g/mol. The second kappa shape index (κ2) is 6.66. The second-order valence-corrected chi connectivity index (χ2v) is 7.65. The molecule has 0 radical (unpaired) electrons. The molecule has 2 aliphatic rings. The quantitative estimate of drug-likeness (QED) is 0.720. The minimum absolute atomic E-state index is 0.246. The van der Waals surface area contributed by atoms with Crippen molar-refractivity contribution in [2.45, 2.75) is 64.5 Å². The fourth-order valence-corrected chi connectivity index (χ4v) is 4.55. The van der Waals surface area contributed by atoms with Crippen LogP contribution in [0.1, 0.15) is 52.9 Å². The molecule has 2 rings (SSSR count). The zero-order valence-electron chi connectivity index (χ0n) is 14.2. The molecule has 0 aromatic heterocycles. The van der Waals surface area contributed by atoms with Crippen molar-refractivity contribution in [3.05, 3.63) is 0 Å². The number of amides is 1. The number of nitrogens with two attached hydrogens (primary N) is 1. The van der Waals surface area contributed by atoms with E-state index in [1.165, 1.54) is 32.2 Å². The summed E-state index contributed by atoms with van der Waals surface area (Å²) in [6.07, 6.45) is 6.55. The third kappa shape index (κ3) is 3.78. The van der Waals surface area contributed by atoms with Crippen LogP contribution in [0.3, 0.4) is 0 Å². The molecule has 21 heavy (non-hydrogen) atoms. The molecule has 0 heterocycles. The SMILES string of the molecule is CCNC(C)(CC(C)N(C)CC1CC2CCC1C2)C(N)=O. The molecule has 1 amide bonds. The van der Waals surface area contributed by atoms with Gasteiger partial charge in [0.2, 0.25) is 5.91 Å². The van der Waals surface area contributed by atoms with Gasteiger partial charge in [-0.2, -0.15) is 0 Å². The molecule has 2 fully saturated rings. The van der Waals surface area contributed by atoms with Gasteiger partial charge in [0.15, 0.2) is 0 Å². The fraction of sp³-hybridized carbons (Fsp3) is 0.941. The number of likely N-dealkylation sites (N-methyl/N-ethyl adjacent to an activating group) is 1. The highest BCUT2D eigenvalue weighted by Gasteiger charge is 2.40. The van der Waals surface area contributed by atoms with Gasteiger partial charge >= 0.3 is 0 Å². The van der Waals surface area contributed by atoms with E-state index in [1.807, 2.05) is 13.8 Å². The van der Waals surface area contributed by atoms with Gasteiger partial charge in [-0.15, -0.1) is 0 Å². The van der Waals surface area contributed by atoms with E-state index in [0.717, 1.165) is 30.7 Å². The van der Waals surface area contributed by atoms with E-state index in [9.17, 15) is 4.79 Å². The predicted octanol–water partition coefficient (Wildman–Crippen LogP) is 1.99. The molecule has 5 unspecified atom stereocenters. The zero-order valence-corrected chi connectivity index (χ0v) is 14.2. The molecular formula is C17H33N3O. The molecule has 4 nitrogen and oxygen atoms in total. The first kappa shape index (κ1) is 16.8. The van der Waals surface area contributed by atoms with Crippen LogP contribution in [0.4, 0.5) is 0 Å². The predicted molar refractivity (Wildman–Crippen MR) is 86.9 cm³/mol. The molecule has 0 aliphatic heterocycles. The lowest BCUT2D eigenvalue weighted by Crippen LogP contribution is -2.56. The van der Waals surface area contributed by atoms with Gasteiger partial charge in [0.25, 0.3) is 0 Å². The highest BCUT2D eigenvalue weighted by atomic mass is 16.1. The van der Waals surface area contributed by atoms with E-state index in [2.05, 4.69) is 24.2 Å². The molecule has 0 saturated heterocycles. The number of carbonyl (C=O) groups excluding carboxylic acids is 1. The first-order chi connectivity index (χ1) is 9.85. The van der Waals surface area contributed by atoms with E-state index >= 15 is 0 Å². The molecule has 5 atom stereocenters. The van der Waals surface area contributed by atoms with E-state index in [0.29, 0.717) is 6.04 Å².